The van der Waals surface area contributed by atoms with Gasteiger partial charge >= 0.3 is 0 Å². The fourth-order valence-electron chi connectivity index (χ4n) is 7.06. The Bertz CT molecular complexity index is 2210. The second-order valence-electron chi connectivity index (χ2n) is 13.8. The van der Waals surface area contributed by atoms with Crippen molar-refractivity contribution in [3.8, 4) is 67.5 Å². The van der Waals surface area contributed by atoms with Gasteiger partial charge in [-0.1, -0.05) is 167 Å². The monoisotopic (exact) mass is 619 g/mol. The molecule has 1 aromatic heterocycles. The molecule has 48 heavy (non-hydrogen) atoms. The van der Waals surface area contributed by atoms with Crippen LogP contribution in [-0.4, -0.2) is 15.0 Å². The van der Waals surface area contributed by atoms with E-state index in [0.717, 1.165) is 27.8 Å². The Hall–Kier alpha value is -5.67. The van der Waals surface area contributed by atoms with Gasteiger partial charge in [0.15, 0.2) is 17.5 Å². The summed E-state index contributed by atoms with van der Waals surface area (Å²) in [5.41, 5.74) is 13.1. The zero-order chi connectivity index (χ0) is 32.9. The first-order valence-electron chi connectivity index (χ1n) is 16.6. The number of fused-ring (bicyclic) bond motifs is 3. The van der Waals surface area contributed by atoms with Crippen LogP contribution in [0.2, 0.25) is 0 Å². The van der Waals surface area contributed by atoms with Crippen molar-refractivity contribution in [1.82, 2.24) is 15.0 Å². The molecule has 0 saturated heterocycles. The van der Waals surface area contributed by atoms with E-state index < -0.39 is 0 Å². The van der Waals surface area contributed by atoms with E-state index in [4.69, 9.17) is 15.0 Å². The first-order chi connectivity index (χ1) is 23.3. The lowest BCUT2D eigenvalue weighted by Gasteiger charge is -2.48. The molecular weight excluding hydrogens is 583 g/mol. The smallest absolute Gasteiger partial charge is 0.164 e. The van der Waals surface area contributed by atoms with Crippen molar-refractivity contribution in [1.29, 1.82) is 0 Å². The Morgan fingerprint density at radius 1 is 0.312 bits per heavy atom. The van der Waals surface area contributed by atoms with E-state index in [2.05, 4.69) is 119 Å². The molecule has 0 amide bonds. The van der Waals surface area contributed by atoms with Gasteiger partial charge in [0.25, 0.3) is 0 Å². The summed E-state index contributed by atoms with van der Waals surface area (Å²) in [6.45, 7) is 9.52. The maximum atomic E-state index is 4.94. The largest absolute Gasteiger partial charge is 0.208 e. The Kier molecular flexibility index (Phi) is 7.14. The summed E-state index contributed by atoms with van der Waals surface area (Å²) in [5.74, 6) is 1.98. The van der Waals surface area contributed by atoms with Crippen molar-refractivity contribution in [3.63, 3.8) is 0 Å². The topological polar surface area (TPSA) is 38.7 Å². The molecule has 0 spiro atoms. The molecular formula is C45H37N3. The van der Waals surface area contributed by atoms with Crippen LogP contribution in [0.25, 0.3) is 67.5 Å². The molecule has 1 aliphatic rings. The SMILES string of the molecule is CC1(C)c2ccccc2-c2cc(-c3ccc(-c4cccc(-c5nc(-c6ccccc6)nc(-c6ccccc6)n5)c4)cc3)ccc2C1(C)C. The highest BCUT2D eigenvalue weighted by Crippen LogP contribution is 2.54. The maximum Gasteiger partial charge on any atom is 0.164 e. The molecule has 0 bridgehead atoms. The highest BCUT2D eigenvalue weighted by Gasteiger charge is 2.45. The molecule has 3 heteroatoms. The first-order valence-corrected chi connectivity index (χ1v) is 16.6. The summed E-state index contributed by atoms with van der Waals surface area (Å²) in [5, 5.41) is 0. The first kappa shape index (κ1) is 29.7. The molecule has 3 nitrogen and oxygen atoms in total. The molecule has 8 rings (SSSR count). The minimum atomic E-state index is 0.00629. The lowest BCUT2D eigenvalue weighted by Crippen LogP contribution is -2.43. The molecule has 6 aromatic carbocycles. The van der Waals surface area contributed by atoms with Crippen LogP contribution < -0.4 is 0 Å². The van der Waals surface area contributed by atoms with Gasteiger partial charge < -0.3 is 0 Å². The van der Waals surface area contributed by atoms with Crippen LogP contribution in [0, 0.1) is 0 Å². The maximum absolute atomic E-state index is 4.94. The summed E-state index contributed by atoms with van der Waals surface area (Å²) in [7, 11) is 0. The van der Waals surface area contributed by atoms with E-state index in [1.54, 1.807) is 0 Å². The third-order valence-electron chi connectivity index (χ3n) is 10.5. The standard InChI is InChI=1S/C45H37N3/c1-44(2)39-21-12-11-20-37(39)38-29-35(26-27-40(38)45(44,3)4)31-24-22-30(23-25-31)34-18-13-19-36(28-34)43-47-41(32-14-7-5-8-15-32)46-42(48-43)33-16-9-6-10-17-33/h5-29H,1-4H3. The zero-order valence-corrected chi connectivity index (χ0v) is 27.8. The van der Waals surface area contributed by atoms with Gasteiger partial charge in [0.1, 0.15) is 0 Å². The van der Waals surface area contributed by atoms with E-state index in [0.29, 0.717) is 17.5 Å². The van der Waals surface area contributed by atoms with Gasteiger partial charge in [-0.2, -0.15) is 0 Å². The van der Waals surface area contributed by atoms with E-state index in [1.165, 1.54) is 33.4 Å². The molecule has 0 fully saturated rings. The molecule has 1 heterocycles. The third-order valence-corrected chi connectivity index (χ3v) is 10.5. The summed E-state index contributed by atoms with van der Waals surface area (Å²) < 4.78 is 0. The number of hydrogen-bond acceptors (Lipinski definition) is 3. The van der Waals surface area contributed by atoms with Crippen molar-refractivity contribution >= 4 is 0 Å². The number of benzene rings is 6. The van der Waals surface area contributed by atoms with Gasteiger partial charge in [-0.05, 0) is 67.5 Å². The van der Waals surface area contributed by atoms with Crippen molar-refractivity contribution < 1.29 is 0 Å². The predicted molar refractivity (Wildman–Crippen MR) is 198 cm³/mol. The van der Waals surface area contributed by atoms with Gasteiger partial charge in [-0.25, -0.2) is 15.0 Å². The Morgan fingerprint density at radius 3 is 1.31 bits per heavy atom. The third kappa shape index (κ3) is 5.03. The Balaban J connectivity index is 1.14. The average molecular weight is 620 g/mol. The zero-order valence-electron chi connectivity index (χ0n) is 27.8. The second kappa shape index (κ2) is 11.5. The molecule has 7 aromatic rings. The second-order valence-corrected chi connectivity index (χ2v) is 13.8. The van der Waals surface area contributed by atoms with Crippen molar-refractivity contribution in [2.45, 2.75) is 38.5 Å². The quantitative estimate of drug-likeness (QED) is 0.192. The van der Waals surface area contributed by atoms with Gasteiger partial charge in [0, 0.05) is 16.7 Å². The number of hydrogen-bond donors (Lipinski definition) is 0. The molecule has 0 aliphatic heterocycles. The summed E-state index contributed by atoms with van der Waals surface area (Å²) in [6.07, 6.45) is 0. The summed E-state index contributed by atoms with van der Waals surface area (Å²) >= 11 is 0. The van der Waals surface area contributed by atoms with Crippen LogP contribution in [0.15, 0.2) is 152 Å². The molecule has 0 N–H and O–H groups in total. The molecule has 1 aliphatic carbocycles. The van der Waals surface area contributed by atoms with Crippen molar-refractivity contribution in [2.24, 2.45) is 0 Å². The Labute approximate surface area is 283 Å². The van der Waals surface area contributed by atoms with Crippen molar-refractivity contribution in [2.75, 3.05) is 0 Å². The normalized spacial score (nSPS) is 14.2. The molecule has 0 unspecified atom stereocenters. The number of aromatic nitrogens is 3. The van der Waals surface area contributed by atoms with Crippen LogP contribution in [0.4, 0.5) is 0 Å². The molecule has 232 valence electrons. The van der Waals surface area contributed by atoms with Gasteiger partial charge in [0.2, 0.25) is 0 Å². The predicted octanol–water partition coefficient (Wildman–Crippen LogP) is 11.4. The Morgan fingerprint density at radius 2 is 0.729 bits per heavy atom. The molecule has 0 saturated carbocycles. The number of nitrogens with zero attached hydrogens (tertiary/aromatic N) is 3. The van der Waals surface area contributed by atoms with Crippen LogP contribution in [-0.2, 0) is 10.8 Å². The molecule has 0 radical (unpaired) electrons. The van der Waals surface area contributed by atoms with Crippen LogP contribution in [0.1, 0.15) is 38.8 Å². The lowest BCUT2D eigenvalue weighted by molar-refractivity contribution is 0.299. The van der Waals surface area contributed by atoms with Gasteiger partial charge in [0.05, 0.1) is 0 Å². The summed E-state index contributed by atoms with van der Waals surface area (Å²) in [6, 6.07) is 53.5. The van der Waals surface area contributed by atoms with Crippen LogP contribution in [0.5, 0.6) is 0 Å². The van der Waals surface area contributed by atoms with E-state index >= 15 is 0 Å². The van der Waals surface area contributed by atoms with E-state index in [-0.39, 0.29) is 10.8 Å². The van der Waals surface area contributed by atoms with Gasteiger partial charge in [-0.15, -0.1) is 0 Å². The lowest BCUT2D eigenvalue weighted by atomic mass is 9.55. The molecule has 0 atom stereocenters. The minimum Gasteiger partial charge on any atom is -0.208 e. The highest BCUT2D eigenvalue weighted by atomic mass is 15.0. The van der Waals surface area contributed by atoms with E-state index in [1.807, 2.05) is 60.7 Å². The average Bonchev–Trinajstić information content (AvgIpc) is 3.15. The summed E-state index contributed by atoms with van der Waals surface area (Å²) in [4.78, 5) is 14.7. The highest BCUT2D eigenvalue weighted by molar-refractivity contribution is 5.83. The number of rotatable bonds is 5. The van der Waals surface area contributed by atoms with E-state index in [9.17, 15) is 0 Å². The van der Waals surface area contributed by atoms with Gasteiger partial charge in [-0.3, -0.25) is 0 Å². The fourth-order valence-corrected chi connectivity index (χ4v) is 7.06. The van der Waals surface area contributed by atoms with Crippen LogP contribution >= 0.6 is 0 Å². The van der Waals surface area contributed by atoms with Crippen molar-refractivity contribution in [3.05, 3.63) is 163 Å². The van der Waals surface area contributed by atoms with Crippen LogP contribution in [0.3, 0.4) is 0 Å². The fraction of sp³-hybridized carbons (Fsp3) is 0.133. The minimum absolute atomic E-state index is 0.00629.